The topological polar surface area (TPSA) is 103 Å². The van der Waals surface area contributed by atoms with Crippen LogP contribution in [-0.4, -0.2) is 38.1 Å². The first-order valence-corrected chi connectivity index (χ1v) is 8.36. The molecule has 2 aromatic carbocycles. The number of anilines is 1. The van der Waals surface area contributed by atoms with Crippen molar-refractivity contribution in [1.82, 2.24) is 5.32 Å². The van der Waals surface area contributed by atoms with Crippen molar-refractivity contribution in [3.8, 4) is 11.5 Å². The fraction of sp³-hybridized carbons (Fsp3) is 0.263. The lowest BCUT2D eigenvalue weighted by Crippen LogP contribution is -2.32. The summed E-state index contributed by atoms with van der Waals surface area (Å²) < 4.78 is 10.7. The molecule has 0 aliphatic carbocycles. The zero-order valence-corrected chi connectivity index (χ0v) is 15.9. The summed E-state index contributed by atoms with van der Waals surface area (Å²) >= 11 is 0. The Balaban J connectivity index is 0.00000364. The van der Waals surface area contributed by atoms with Crippen molar-refractivity contribution in [1.29, 1.82) is 0 Å². The molecule has 2 rings (SSSR count). The summed E-state index contributed by atoms with van der Waals surface area (Å²) in [5, 5.41) is 5.28. The molecule has 0 saturated carbocycles. The minimum absolute atomic E-state index is 0. The summed E-state index contributed by atoms with van der Waals surface area (Å²) in [4.78, 5) is 24.0. The Morgan fingerprint density at radius 1 is 0.963 bits per heavy atom. The number of amides is 2. The molecule has 2 aromatic rings. The van der Waals surface area contributed by atoms with Crippen LogP contribution in [0.4, 0.5) is 5.69 Å². The molecule has 146 valence electrons. The van der Waals surface area contributed by atoms with Crippen molar-refractivity contribution in [2.24, 2.45) is 5.73 Å². The highest BCUT2D eigenvalue weighted by Crippen LogP contribution is 2.15. The van der Waals surface area contributed by atoms with Crippen LogP contribution in [0.25, 0.3) is 0 Å². The minimum Gasteiger partial charge on any atom is -0.494 e. The summed E-state index contributed by atoms with van der Waals surface area (Å²) in [7, 11) is 0. The zero-order valence-electron chi connectivity index (χ0n) is 15.1. The lowest BCUT2D eigenvalue weighted by molar-refractivity contribution is -0.115. The lowest BCUT2D eigenvalue weighted by Gasteiger charge is -2.09. The first kappa shape index (κ1) is 22.3. The van der Waals surface area contributed by atoms with E-state index in [0.29, 0.717) is 42.5 Å². The molecule has 0 aliphatic heterocycles. The van der Waals surface area contributed by atoms with Gasteiger partial charge in [-0.1, -0.05) is 0 Å². The van der Waals surface area contributed by atoms with Crippen molar-refractivity contribution in [2.75, 3.05) is 31.6 Å². The fourth-order valence-electron chi connectivity index (χ4n) is 2.15. The molecule has 7 nitrogen and oxygen atoms in total. The molecule has 0 unspecified atom stereocenters. The van der Waals surface area contributed by atoms with E-state index < -0.39 is 0 Å². The maximum atomic E-state index is 12.1. The van der Waals surface area contributed by atoms with Crippen LogP contribution >= 0.6 is 12.4 Å². The molecule has 0 aliphatic rings. The van der Waals surface area contributed by atoms with E-state index in [-0.39, 0.29) is 30.8 Å². The largest absolute Gasteiger partial charge is 0.494 e. The molecule has 8 heteroatoms. The van der Waals surface area contributed by atoms with Crippen molar-refractivity contribution >= 4 is 29.9 Å². The smallest absolute Gasteiger partial charge is 0.251 e. The standard InChI is InChI=1S/C19H23N3O4.ClH/c1-2-25-16-7-3-14(4-8-16)19(24)21-13-18(23)22-15-5-9-17(10-6-15)26-12-11-20;/h3-10H,2,11-13,20H2,1H3,(H,21,24)(H,22,23);1H. The second-order valence-electron chi connectivity index (χ2n) is 5.35. The zero-order chi connectivity index (χ0) is 18.8. The van der Waals surface area contributed by atoms with Crippen LogP contribution in [0, 0.1) is 0 Å². The lowest BCUT2D eigenvalue weighted by atomic mass is 10.2. The van der Waals surface area contributed by atoms with Crippen LogP contribution in [0.1, 0.15) is 17.3 Å². The van der Waals surface area contributed by atoms with E-state index in [1.54, 1.807) is 48.5 Å². The molecule has 0 heterocycles. The van der Waals surface area contributed by atoms with Gasteiger partial charge in [0.15, 0.2) is 0 Å². The summed E-state index contributed by atoms with van der Waals surface area (Å²) in [6, 6.07) is 13.7. The minimum atomic E-state index is -0.325. The van der Waals surface area contributed by atoms with Crippen LogP contribution in [-0.2, 0) is 4.79 Å². The van der Waals surface area contributed by atoms with Gasteiger partial charge in [0, 0.05) is 17.8 Å². The average Bonchev–Trinajstić information content (AvgIpc) is 2.66. The molecule has 0 radical (unpaired) electrons. The van der Waals surface area contributed by atoms with Crippen LogP contribution in [0.15, 0.2) is 48.5 Å². The van der Waals surface area contributed by atoms with Crippen LogP contribution in [0.2, 0.25) is 0 Å². The Morgan fingerprint density at radius 2 is 1.56 bits per heavy atom. The quantitative estimate of drug-likeness (QED) is 0.606. The predicted octanol–water partition coefficient (Wildman–Crippen LogP) is 2.21. The van der Waals surface area contributed by atoms with E-state index in [2.05, 4.69) is 10.6 Å². The Hall–Kier alpha value is -2.77. The third-order valence-electron chi connectivity index (χ3n) is 3.36. The summed E-state index contributed by atoms with van der Waals surface area (Å²) in [6.07, 6.45) is 0. The number of rotatable bonds is 9. The first-order chi connectivity index (χ1) is 12.6. The molecule has 0 aromatic heterocycles. The van der Waals surface area contributed by atoms with Crippen LogP contribution in [0.3, 0.4) is 0 Å². The summed E-state index contributed by atoms with van der Waals surface area (Å²) in [6.45, 7) is 3.19. The molecular weight excluding hydrogens is 370 g/mol. The highest BCUT2D eigenvalue weighted by Gasteiger charge is 2.08. The van der Waals surface area contributed by atoms with Gasteiger partial charge in [-0.2, -0.15) is 0 Å². The Bertz CT molecular complexity index is 721. The van der Waals surface area contributed by atoms with Crippen molar-refractivity contribution in [2.45, 2.75) is 6.92 Å². The fourth-order valence-corrected chi connectivity index (χ4v) is 2.15. The van der Waals surface area contributed by atoms with Gasteiger partial charge < -0.3 is 25.8 Å². The van der Waals surface area contributed by atoms with Gasteiger partial charge in [0.25, 0.3) is 5.91 Å². The summed E-state index contributed by atoms with van der Waals surface area (Å²) in [5.74, 6) is 0.728. The highest BCUT2D eigenvalue weighted by atomic mass is 35.5. The molecule has 0 atom stereocenters. The van der Waals surface area contributed by atoms with Gasteiger partial charge in [0.1, 0.15) is 18.1 Å². The Morgan fingerprint density at radius 3 is 2.15 bits per heavy atom. The number of carbonyl (C=O) groups is 2. The molecular formula is C19H24ClN3O4. The van der Waals surface area contributed by atoms with Crippen molar-refractivity contribution in [3.05, 3.63) is 54.1 Å². The number of ether oxygens (including phenoxy) is 2. The first-order valence-electron chi connectivity index (χ1n) is 8.36. The number of hydrogen-bond donors (Lipinski definition) is 3. The highest BCUT2D eigenvalue weighted by molar-refractivity contribution is 5.99. The second-order valence-corrected chi connectivity index (χ2v) is 5.35. The molecule has 0 fully saturated rings. The van der Waals surface area contributed by atoms with E-state index >= 15 is 0 Å². The number of carbonyl (C=O) groups excluding carboxylic acids is 2. The SMILES string of the molecule is CCOc1ccc(C(=O)NCC(=O)Nc2ccc(OCCN)cc2)cc1.Cl. The number of benzene rings is 2. The van der Waals surface area contributed by atoms with Crippen LogP contribution in [0.5, 0.6) is 11.5 Å². The molecule has 2 amide bonds. The van der Waals surface area contributed by atoms with Gasteiger partial charge in [0.2, 0.25) is 5.91 Å². The van der Waals surface area contributed by atoms with Crippen molar-refractivity contribution < 1.29 is 19.1 Å². The van der Waals surface area contributed by atoms with E-state index in [1.165, 1.54) is 0 Å². The number of nitrogens with one attached hydrogen (secondary N) is 2. The molecule has 0 bridgehead atoms. The summed E-state index contributed by atoms with van der Waals surface area (Å²) in [5.41, 5.74) is 6.45. The number of halogens is 1. The average molecular weight is 394 g/mol. The Kier molecular flexibility index (Phi) is 9.71. The van der Waals surface area contributed by atoms with Gasteiger partial charge in [-0.25, -0.2) is 0 Å². The van der Waals surface area contributed by atoms with Gasteiger partial charge >= 0.3 is 0 Å². The normalized spacial score (nSPS) is 9.70. The number of hydrogen-bond acceptors (Lipinski definition) is 5. The van der Waals surface area contributed by atoms with E-state index in [9.17, 15) is 9.59 Å². The maximum absolute atomic E-state index is 12.1. The third-order valence-corrected chi connectivity index (χ3v) is 3.36. The van der Waals surface area contributed by atoms with E-state index in [0.717, 1.165) is 0 Å². The van der Waals surface area contributed by atoms with E-state index in [4.69, 9.17) is 15.2 Å². The van der Waals surface area contributed by atoms with Gasteiger partial charge in [0.05, 0.1) is 13.2 Å². The second kappa shape index (κ2) is 11.8. The molecule has 0 saturated heterocycles. The third kappa shape index (κ3) is 7.55. The molecule has 27 heavy (non-hydrogen) atoms. The monoisotopic (exact) mass is 393 g/mol. The predicted molar refractivity (Wildman–Crippen MR) is 107 cm³/mol. The Labute approximate surface area is 164 Å². The van der Waals surface area contributed by atoms with E-state index in [1.807, 2.05) is 6.92 Å². The van der Waals surface area contributed by atoms with Crippen LogP contribution < -0.4 is 25.8 Å². The van der Waals surface area contributed by atoms with Gasteiger partial charge in [-0.3, -0.25) is 9.59 Å². The van der Waals surface area contributed by atoms with Crippen molar-refractivity contribution in [3.63, 3.8) is 0 Å². The van der Waals surface area contributed by atoms with Gasteiger partial charge in [-0.15, -0.1) is 12.4 Å². The molecule has 4 N–H and O–H groups in total. The maximum Gasteiger partial charge on any atom is 0.251 e. The molecule has 0 spiro atoms. The number of nitrogens with two attached hydrogens (primary N) is 1. The van der Waals surface area contributed by atoms with Gasteiger partial charge in [-0.05, 0) is 55.5 Å².